The average Bonchev–Trinajstić information content (AvgIpc) is 2.58. The first kappa shape index (κ1) is 17.0. The zero-order valence-electron chi connectivity index (χ0n) is 13.3. The van der Waals surface area contributed by atoms with Crippen molar-refractivity contribution in [1.82, 2.24) is 9.97 Å². The molecule has 3 aromatic rings. The van der Waals surface area contributed by atoms with Crippen LogP contribution in [0.4, 0.5) is 5.69 Å². The zero-order valence-corrected chi connectivity index (χ0v) is 13.3. The van der Waals surface area contributed by atoms with Crippen molar-refractivity contribution in [1.29, 1.82) is 0 Å². The maximum absolute atomic E-state index is 12.1. The molecule has 0 aliphatic heterocycles. The van der Waals surface area contributed by atoms with Crippen molar-refractivity contribution in [2.24, 2.45) is 5.73 Å². The summed E-state index contributed by atoms with van der Waals surface area (Å²) in [5, 5.41) is 21.6. The summed E-state index contributed by atoms with van der Waals surface area (Å²) < 4.78 is 0. The molecule has 2 aromatic heterocycles. The van der Waals surface area contributed by atoms with Crippen LogP contribution in [-0.4, -0.2) is 32.0 Å². The monoisotopic (exact) mass is 354 g/mol. The number of phenols is 1. The van der Waals surface area contributed by atoms with Gasteiger partial charge in [0.25, 0.3) is 11.5 Å². The second kappa shape index (κ2) is 6.55. The molecule has 0 atom stereocenters. The molecule has 6 N–H and O–H groups in total. The van der Waals surface area contributed by atoms with Gasteiger partial charge in [-0.15, -0.1) is 0 Å². The van der Waals surface area contributed by atoms with Crippen molar-refractivity contribution < 1.29 is 19.8 Å². The van der Waals surface area contributed by atoms with Gasteiger partial charge in [0.15, 0.2) is 5.75 Å². The molecule has 0 radical (unpaired) electrons. The molecule has 0 fully saturated rings. The van der Waals surface area contributed by atoms with Gasteiger partial charge >= 0.3 is 0 Å². The number of phenolic OH excluding ortho intramolecular Hbond substituents is 1. The van der Waals surface area contributed by atoms with E-state index in [0.29, 0.717) is 11.4 Å². The Morgan fingerprint density at radius 2 is 1.81 bits per heavy atom. The number of amides is 2. The molecule has 0 aliphatic rings. The fourth-order valence-corrected chi connectivity index (χ4v) is 2.44. The molecule has 1 aromatic carbocycles. The third kappa shape index (κ3) is 3.31. The Bertz CT molecular complexity index is 1070. The van der Waals surface area contributed by atoms with Gasteiger partial charge in [0, 0.05) is 5.69 Å². The number of nitrogens with one attached hydrogen (secondary N) is 2. The number of H-pyrrole nitrogens is 1. The quantitative estimate of drug-likeness (QED) is 0.432. The van der Waals surface area contributed by atoms with Crippen molar-refractivity contribution in [3.05, 3.63) is 58.0 Å². The Morgan fingerprint density at radius 3 is 2.46 bits per heavy atom. The van der Waals surface area contributed by atoms with Crippen LogP contribution in [0.2, 0.25) is 0 Å². The summed E-state index contributed by atoms with van der Waals surface area (Å²) >= 11 is 0. The SMILES string of the molecule is NC(=O)c1c(O)c(=O)[nH]c2ccc(CC(=O)Nc3ccc(O)cc3)nc12. The van der Waals surface area contributed by atoms with Crippen molar-refractivity contribution in [2.75, 3.05) is 5.32 Å². The lowest BCUT2D eigenvalue weighted by Crippen LogP contribution is -2.19. The van der Waals surface area contributed by atoms with Crippen LogP contribution in [-0.2, 0) is 11.2 Å². The highest BCUT2D eigenvalue weighted by atomic mass is 16.3. The molecule has 26 heavy (non-hydrogen) atoms. The number of hydrogen-bond acceptors (Lipinski definition) is 6. The second-order valence-corrected chi connectivity index (χ2v) is 5.51. The number of aromatic hydroxyl groups is 2. The standard InChI is InChI=1S/C17H14N4O5/c18-16(25)13-14-11(21-17(26)15(13)24)6-3-9(20-14)7-12(23)19-8-1-4-10(22)5-2-8/h1-6,22,24H,7H2,(H2,18,25)(H,19,23)(H,21,26). The number of fused-ring (bicyclic) bond motifs is 1. The van der Waals surface area contributed by atoms with E-state index in [1.807, 2.05) is 0 Å². The Morgan fingerprint density at radius 1 is 1.12 bits per heavy atom. The number of carbonyl (C=O) groups excluding carboxylic acids is 2. The normalized spacial score (nSPS) is 10.6. The summed E-state index contributed by atoms with van der Waals surface area (Å²) in [6, 6.07) is 8.92. The highest BCUT2D eigenvalue weighted by molar-refractivity contribution is 6.06. The number of rotatable bonds is 4. The Kier molecular flexibility index (Phi) is 4.27. The molecule has 0 saturated heterocycles. The topological polar surface area (TPSA) is 158 Å². The van der Waals surface area contributed by atoms with E-state index in [9.17, 15) is 24.6 Å². The first-order chi connectivity index (χ1) is 12.3. The predicted octanol–water partition coefficient (Wildman–Crippen LogP) is 0.614. The fraction of sp³-hybridized carbons (Fsp3) is 0.0588. The summed E-state index contributed by atoms with van der Waals surface area (Å²) in [5.41, 5.74) is 4.99. The van der Waals surface area contributed by atoms with Gasteiger partial charge in [-0.1, -0.05) is 0 Å². The minimum atomic E-state index is -1.00. The van der Waals surface area contributed by atoms with E-state index in [4.69, 9.17) is 5.73 Å². The van der Waals surface area contributed by atoms with Gasteiger partial charge in [-0.3, -0.25) is 14.4 Å². The van der Waals surface area contributed by atoms with Gasteiger partial charge in [-0.25, -0.2) is 4.98 Å². The first-order valence-electron chi connectivity index (χ1n) is 7.48. The second-order valence-electron chi connectivity index (χ2n) is 5.51. The molecule has 0 bridgehead atoms. The van der Waals surface area contributed by atoms with E-state index >= 15 is 0 Å². The summed E-state index contributed by atoms with van der Waals surface area (Å²) in [4.78, 5) is 41.9. The van der Waals surface area contributed by atoms with Gasteiger partial charge in [-0.05, 0) is 36.4 Å². The first-order valence-corrected chi connectivity index (χ1v) is 7.48. The van der Waals surface area contributed by atoms with Crippen LogP contribution in [0.15, 0.2) is 41.2 Å². The lowest BCUT2D eigenvalue weighted by Gasteiger charge is -2.08. The molecule has 0 unspecified atom stereocenters. The molecule has 132 valence electrons. The van der Waals surface area contributed by atoms with Gasteiger partial charge in [-0.2, -0.15) is 0 Å². The number of primary amides is 1. The zero-order chi connectivity index (χ0) is 18.8. The lowest BCUT2D eigenvalue weighted by molar-refractivity contribution is -0.115. The Labute approximate surface area is 146 Å². The number of pyridine rings is 2. The maximum Gasteiger partial charge on any atom is 0.291 e. The minimum Gasteiger partial charge on any atom is -0.508 e. The number of nitrogens with two attached hydrogens (primary N) is 1. The summed E-state index contributed by atoms with van der Waals surface area (Å²) in [7, 11) is 0. The highest BCUT2D eigenvalue weighted by Crippen LogP contribution is 2.21. The third-order valence-corrected chi connectivity index (χ3v) is 3.63. The average molecular weight is 354 g/mol. The van der Waals surface area contributed by atoms with Crippen LogP contribution in [0.1, 0.15) is 16.1 Å². The summed E-state index contributed by atoms with van der Waals surface area (Å²) in [5.74, 6) is -2.12. The molecule has 2 heterocycles. The number of aromatic nitrogens is 2. The minimum absolute atomic E-state index is 0.00420. The van der Waals surface area contributed by atoms with Crippen molar-refractivity contribution in [2.45, 2.75) is 6.42 Å². The number of carbonyl (C=O) groups is 2. The van der Waals surface area contributed by atoms with Crippen molar-refractivity contribution >= 4 is 28.5 Å². The molecule has 0 aliphatic carbocycles. The van der Waals surface area contributed by atoms with E-state index < -0.39 is 22.8 Å². The molecular formula is C17H14N4O5. The van der Waals surface area contributed by atoms with Crippen molar-refractivity contribution in [3.63, 3.8) is 0 Å². The molecule has 0 spiro atoms. The number of aromatic amines is 1. The van der Waals surface area contributed by atoms with E-state index in [-0.39, 0.29) is 29.1 Å². The summed E-state index contributed by atoms with van der Waals surface area (Å²) in [6.07, 6.45) is -0.116. The Hall–Kier alpha value is -3.88. The van der Waals surface area contributed by atoms with E-state index in [2.05, 4.69) is 15.3 Å². The van der Waals surface area contributed by atoms with E-state index in [1.54, 1.807) is 0 Å². The lowest BCUT2D eigenvalue weighted by atomic mass is 10.1. The maximum atomic E-state index is 12.1. The van der Waals surface area contributed by atoms with Crippen molar-refractivity contribution in [3.8, 4) is 11.5 Å². The van der Waals surface area contributed by atoms with Crippen LogP contribution < -0.4 is 16.6 Å². The van der Waals surface area contributed by atoms with Gasteiger partial charge in [0.2, 0.25) is 5.91 Å². The number of nitrogens with zero attached hydrogens (tertiary/aromatic N) is 1. The highest BCUT2D eigenvalue weighted by Gasteiger charge is 2.18. The molecule has 9 heteroatoms. The largest absolute Gasteiger partial charge is 0.508 e. The number of hydrogen-bond donors (Lipinski definition) is 5. The van der Waals surface area contributed by atoms with Crippen LogP contribution in [0, 0.1) is 0 Å². The van der Waals surface area contributed by atoms with Gasteiger partial charge < -0.3 is 26.2 Å². The van der Waals surface area contributed by atoms with Crippen LogP contribution >= 0.6 is 0 Å². The summed E-state index contributed by atoms with van der Waals surface area (Å²) in [6.45, 7) is 0. The van der Waals surface area contributed by atoms with Crippen LogP contribution in [0.3, 0.4) is 0 Å². The fourth-order valence-electron chi connectivity index (χ4n) is 2.44. The molecular weight excluding hydrogens is 340 g/mol. The molecule has 3 rings (SSSR count). The van der Waals surface area contributed by atoms with Gasteiger partial charge in [0.05, 0.1) is 17.6 Å². The van der Waals surface area contributed by atoms with E-state index in [1.165, 1.54) is 36.4 Å². The van der Waals surface area contributed by atoms with Crippen LogP contribution in [0.5, 0.6) is 11.5 Å². The smallest absolute Gasteiger partial charge is 0.291 e. The van der Waals surface area contributed by atoms with Crippen LogP contribution in [0.25, 0.3) is 11.0 Å². The molecule has 9 nitrogen and oxygen atoms in total. The molecule has 2 amide bonds. The third-order valence-electron chi connectivity index (χ3n) is 3.63. The predicted molar refractivity (Wildman–Crippen MR) is 93.0 cm³/mol. The molecule has 0 saturated carbocycles. The Balaban J connectivity index is 1.91. The van der Waals surface area contributed by atoms with E-state index in [0.717, 1.165) is 0 Å². The number of benzene rings is 1. The number of anilines is 1. The van der Waals surface area contributed by atoms with Gasteiger partial charge in [0.1, 0.15) is 16.8 Å².